The zero-order chi connectivity index (χ0) is 25.3. The number of pyridine rings is 1. The van der Waals surface area contributed by atoms with E-state index in [0.29, 0.717) is 43.0 Å². The molecule has 36 heavy (non-hydrogen) atoms. The Labute approximate surface area is 211 Å². The van der Waals surface area contributed by atoms with Crippen LogP contribution in [-0.2, 0) is 9.53 Å². The van der Waals surface area contributed by atoms with Crippen LogP contribution in [0.15, 0.2) is 60.8 Å². The molecule has 1 saturated carbocycles. The predicted octanol–water partition coefficient (Wildman–Crippen LogP) is 5.13. The van der Waals surface area contributed by atoms with Crippen molar-refractivity contribution >= 4 is 28.4 Å². The van der Waals surface area contributed by atoms with Crippen LogP contribution in [0.25, 0.3) is 10.8 Å². The zero-order valence-corrected chi connectivity index (χ0v) is 20.6. The molecule has 188 valence electrons. The maximum atomic E-state index is 12.5. The van der Waals surface area contributed by atoms with Crippen LogP contribution in [-0.4, -0.2) is 41.9 Å². The molecule has 3 aromatic rings. The number of aromatic nitrogens is 1. The summed E-state index contributed by atoms with van der Waals surface area (Å²) >= 11 is 0. The van der Waals surface area contributed by atoms with Crippen LogP contribution in [0.5, 0.6) is 5.88 Å². The van der Waals surface area contributed by atoms with Crippen molar-refractivity contribution < 1.29 is 23.9 Å². The predicted molar refractivity (Wildman–Crippen MR) is 137 cm³/mol. The van der Waals surface area contributed by atoms with Crippen molar-refractivity contribution in [1.29, 1.82) is 0 Å². The highest BCUT2D eigenvalue weighted by atomic mass is 16.5. The first kappa shape index (κ1) is 25.4. The van der Waals surface area contributed by atoms with Crippen molar-refractivity contribution in [2.75, 3.05) is 13.2 Å². The lowest BCUT2D eigenvalue weighted by atomic mass is 9.87. The first-order valence-electron chi connectivity index (χ1n) is 12.6. The Hall–Kier alpha value is -3.74. The molecule has 1 amide bonds. The Balaban J connectivity index is 1.18. The van der Waals surface area contributed by atoms with Crippen molar-refractivity contribution in [3.8, 4) is 5.88 Å². The van der Waals surface area contributed by atoms with Crippen LogP contribution < -0.4 is 10.1 Å². The second-order valence-electron chi connectivity index (χ2n) is 9.07. The fraction of sp³-hybridized carbons (Fsp3) is 0.379. The molecule has 7 nitrogen and oxygen atoms in total. The number of nitrogens with one attached hydrogen (secondary N) is 1. The summed E-state index contributed by atoms with van der Waals surface area (Å²) in [5.74, 6) is 0.144. The van der Waals surface area contributed by atoms with E-state index in [9.17, 15) is 14.4 Å². The normalized spacial score (nSPS) is 17.4. The summed E-state index contributed by atoms with van der Waals surface area (Å²) in [5, 5.41) is 4.99. The minimum Gasteiger partial charge on any atom is -0.474 e. The number of carbonyl (C=O) groups excluding carboxylic acids is 3. The summed E-state index contributed by atoms with van der Waals surface area (Å²) in [6, 6.07) is 17.0. The van der Waals surface area contributed by atoms with Crippen molar-refractivity contribution in [2.45, 2.75) is 51.6 Å². The van der Waals surface area contributed by atoms with Crippen LogP contribution in [0.3, 0.4) is 0 Å². The monoisotopic (exact) mass is 488 g/mol. The summed E-state index contributed by atoms with van der Waals surface area (Å²) in [6.07, 6.45) is 5.45. The molecule has 0 atom stereocenters. The second kappa shape index (κ2) is 12.3. The highest BCUT2D eigenvalue weighted by Crippen LogP contribution is 2.28. The average Bonchev–Trinajstić information content (AvgIpc) is 2.91. The number of esters is 1. The first-order valence-corrected chi connectivity index (χ1v) is 12.6. The highest BCUT2D eigenvalue weighted by molar-refractivity contribution is 5.98. The topological polar surface area (TPSA) is 94.6 Å². The lowest BCUT2D eigenvalue weighted by molar-refractivity contribution is -0.149. The van der Waals surface area contributed by atoms with Crippen LogP contribution >= 0.6 is 0 Å². The van der Waals surface area contributed by atoms with Crippen LogP contribution in [0, 0.1) is 5.92 Å². The fourth-order valence-corrected chi connectivity index (χ4v) is 4.49. The van der Waals surface area contributed by atoms with Gasteiger partial charge in [-0.05, 0) is 68.0 Å². The number of benzene rings is 2. The maximum Gasteiger partial charge on any atom is 0.308 e. The number of nitrogens with zero attached hydrogens (tertiary/aromatic N) is 1. The summed E-state index contributed by atoms with van der Waals surface area (Å²) in [6.45, 7) is 2.64. The molecule has 7 heteroatoms. The third-order valence-electron chi connectivity index (χ3n) is 6.52. The molecule has 0 aliphatic heterocycles. The van der Waals surface area contributed by atoms with Gasteiger partial charge in [0.05, 0.1) is 12.5 Å². The van der Waals surface area contributed by atoms with E-state index in [1.165, 1.54) is 6.20 Å². The fourth-order valence-electron chi connectivity index (χ4n) is 4.49. The van der Waals surface area contributed by atoms with Gasteiger partial charge in [-0.3, -0.25) is 14.4 Å². The summed E-state index contributed by atoms with van der Waals surface area (Å²) in [7, 11) is 0. The first-order chi connectivity index (χ1) is 17.5. The van der Waals surface area contributed by atoms with Crippen molar-refractivity contribution in [1.82, 2.24) is 10.3 Å². The number of ketones is 1. The number of rotatable bonds is 10. The molecule has 0 radical (unpaired) electrons. The Morgan fingerprint density at radius 1 is 0.944 bits per heavy atom. The van der Waals surface area contributed by atoms with E-state index in [1.807, 2.05) is 49.4 Å². The van der Waals surface area contributed by atoms with Gasteiger partial charge in [-0.2, -0.15) is 0 Å². The molecule has 2 aromatic carbocycles. The van der Waals surface area contributed by atoms with Gasteiger partial charge in [0.1, 0.15) is 6.10 Å². The Kier molecular flexibility index (Phi) is 8.66. The van der Waals surface area contributed by atoms with E-state index >= 15 is 0 Å². The Bertz CT molecular complexity index is 1200. The van der Waals surface area contributed by atoms with E-state index in [-0.39, 0.29) is 29.7 Å². The average molecular weight is 489 g/mol. The third kappa shape index (κ3) is 6.68. The third-order valence-corrected chi connectivity index (χ3v) is 6.52. The van der Waals surface area contributed by atoms with Gasteiger partial charge in [-0.1, -0.05) is 30.3 Å². The van der Waals surface area contributed by atoms with Crippen molar-refractivity contribution in [3.63, 3.8) is 0 Å². The second-order valence-corrected chi connectivity index (χ2v) is 9.07. The molecular formula is C29H32N2O5. The zero-order valence-electron chi connectivity index (χ0n) is 20.6. The Morgan fingerprint density at radius 3 is 2.42 bits per heavy atom. The lowest BCUT2D eigenvalue weighted by Crippen LogP contribution is -2.29. The van der Waals surface area contributed by atoms with E-state index in [2.05, 4.69) is 10.3 Å². The molecular weight excluding hydrogens is 456 g/mol. The van der Waals surface area contributed by atoms with Gasteiger partial charge in [0, 0.05) is 36.4 Å². The number of amides is 1. The molecule has 1 aliphatic rings. The summed E-state index contributed by atoms with van der Waals surface area (Å²) in [4.78, 5) is 41.1. The van der Waals surface area contributed by atoms with Gasteiger partial charge >= 0.3 is 5.97 Å². The van der Waals surface area contributed by atoms with Gasteiger partial charge in [0.15, 0.2) is 5.78 Å². The molecule has 1 fully saturated rings. The lowest BCUT2D eigenvalue weighted by Gasteiger charge is -2.27. The van der Waals surface area contributed by atoms with Crippen molar-refractivity contribution in [3.05, 3.63) is 71.9 Å². The largest absolute Gasteiger partial charge is 0.474 e. The quantitative estimate of drug-likeness (QED) is 0.242. The number of carbonyl (C=O) groups is 3. The number of Topliss-reactive ketones (excluding diaryl/α,β-unsaturated/α-hetero) is 1. The molecule has 1 heterocycles. The molecule has 0 saturated heterocycles. The van der Waals surface area contributed by atoms with Crippen molar-refractivity contribution in [2.24, 2.45) is 5.92 Å². The van der Waals surface area contributed by atoms with E-state index in [0.717, 1.165) is 36.5 Å². The van der Waals surface area contributed by atoms with Gasteiger partial charge in [0.2, 0.25) is 5.88 Å². The number of hydrogen-bond donors (Lipinski definition) is 1. The molecule has 1 aliphatic carbocycles. The molecule has 1 N–H and O–H groups in total. The summed E-state index contributed by atoms with van der Waals surface area (Å²) in [5.41, 5.74) is 1.13. The number of fused-ring (bicyclic) bond motifs is 1. The van der Waals surface area contributed by atoms with E-state index in [1.54, 1.807) is 12.1 Å². The molecule has 0 bridgehead atoms. The van der Waals surface area contributed by atoms with E-state index in [4.69, 9.17) is 9.47 Å². The minimum absolute atomic E-state index is 0.0101. The number of hydrogen-bond acceptors (Lipinski definition) is 6. The molecule has 1 aromatic heterocycles. The van der Waals surface area contributed by atoms with Gasteiger partial charge < -0.3 is 14.8 Å². The van der Waals surface area contributed by atoms with Crippen LogP contribution in [0.4, 0.5) is 0 Å². The van der Waals surface area contributed by atoms with Gasteiger partial charge in [-0.25, -0.2) is 4.98 Å². The molecule has 0 unspecified atom stereocenters. The number of ether oxygens (including phenoxy) is 2. The van der Waals surface area contributed by atoms with Crippen LogP contribution in [0.1, 0.15) is 66.2 Å². The smallest absolute Gasteiger partial charge is 0.308 e. The summed E-state index contributed by atoms with van der Waals surface area (Å²) < 4.78 is 11.1. The maximum absolute atomic E-state index is 12.5. The van der Waals surface area contributed by atoms with E-state index < -0.39 is 0 Å². The highest BCUT2D eigenvalue weighted by Gasteiger charge is 2.28. The van der Waals surface area contributed by atoms with Crippen LogP contribution in [0.2, 0.25) is 0 Å². The standard InChI is InChI=1S/C29H32N2O5/c1-2-35-29(34)21-11-14-25(15-12-21)36-27-16-13-24(19-31-27)26(32)8-5-17-30-28(33)23-10-9-20-6-3-4-7-22(20)18-23/h3-4,6-7,9-10,13,16,18-19,21,25H,2,5,8,11-12,14-15,17H2,1H3,(H,30,33). The minimum atomic E-state index is -0.146. The molecule has 4 rings (SSSR count). The molecule has 0 spiro atoms. The Morgan fingerprint density at radius 2 is 1.69 bits per heavy atom. The van der Waals surface area contributed by atoms with Gasteiger partial charge in [0.25, 0.3) is 5.91 Å². The van der Waals surface area contributed by atoms with Gasteiger partial charge in [-0.15, -0.1) is 0 Å². The SMILES string of the molecule is CCOC(=O)C1CCC(Oc2ccc(C(=O)CCCNC(=O)c3ccc4ccccc4c3)cn2)CC1.